The Morgan fingerprint density at radius 2 is 1.94 bits per heavy atom. The Labute approximate surface area is 218 Å². The molecule has 196 valence electrons. The fraction of sp³-hybridized carbons (Fsp3) is 0.571. The van der Waals surface area contributed by atoms with Crippen molar-refractivity contribution in [1.82, 2.24) is 10.2 Å². The second-order valence-corrected chi connectivity index (χ2v) is 10.9. The SMILES string of the molecule is COc1ccc(CN2C(=O)SC[C@H]2[C@@]2(OC)C[C@H]3CC(CCC/C=C\CC/C(C)=C\C(=O)N3)O2)cc1. The van der Waals surface area contributed by atoms with Crippen molar-refractivity contribution in [1.29, 1.82) is 0 Å². The molecule has 2 fully saturated rings. The molecule has 0 aliphatic carbocycles. The van der Waals surface area contributed by atoms with Gasteiger partial charge in [0.1, 0.15) is 5.75 Å². The van der Waals surface area contributed by atoms with E-state index in [0.717, 1.165) is 55.4 Å². The van der Waals surface area contributed by atoms with Crippen molar-refractivity contribution >= 4 is 22.9 Å². The summed E-state index contributed by atoms with van der Waals surface area (Å²) in [4.78, 5) is 27.7. The van der Waals surface area contributed by atoms with Crippen LogP contribution in [-0.4, -0.2) is 60.0 Å². The molecule has 4 rings (SSSR count). The molecule has 3 aliphatic rings. The molecule has 4 atom stereocenters. The molecule has 2 bridgehead atoms. The number of ether oxygens (including phenoxy) is 3. The maximum Gasteiger partial charge on any atom is 0.282 e. The van der Waals surface area contributed by atoms with Gasteiger partial charge in [-0.05, 0) is 63.1 Å². The van der Waals surface area contributed by atoms with E-state index < -0.39 is 5.79 Å². The molecule has 0 spiro atoms. The summed E-state index contributed by atoms with van der Waals surface area (Å²) in [6.45, 7) is 2.47. The van der Waals surface area contributed by atoms with E-state index >= 15 is 0 Å². The van der Waals surface area contributed by atoms with Gasteiger partial charge in [0.25, 0.3) is 5.24 Å². The monoisotopic (exact) mass is 514 g/mol. The lowest BCUT2D eigenvalue weighted by Gasteiger charge is -2.48. The third-order valence-corrected chi connectivity index (χ3v) is 8.24. The third-order valence-electron chi connectivity index (χ3n) is 7.28. The van der Waals surface area contributed by atoms with Crippen LogP contribution in [0.4, 0.5) is 4.79 Å². The Kier molecular flexibility index (Phi) is 9.14. The van der Waals surface area contributed by atoms with Crippen LogP contribution >= 0.6 is 11.8 Å². The second-order valence-electron chi connectivity index (χ2n) is 9.90. The molecule has 3 aliphatic heterocycles. The van der Waals surface area contributed by atoms with Gasteiger partial charge in [-0.2, -0.15) is 0 Å². The number of nitrogens with zero attached hydrogens (tertiary/aromatic N) is 1. The highest BCUT2D eigenvalue weighted by Crippen LogP contribution is 2.42. The number of carbonyl (C=O) groups excluding carboxylic acids is 2. The number of nitrogens with one attached hydrogen (secondary N) is 1. The average Bonchev–Trinajstić information content (AvgIpc) is 3.23. The highest BCUT2D eigenvalue weighted by molar-refractivity contribution is 8.13. The van der Waals surface area contributed by atoms with Crippen molar-refractivity contribution in [2.75, 3.05) is 20.0 Å². The third kappa shape index (κ3) is 6.52. The Bertz CT molecular complexity index is 979. The van der Waals surface area contributed by atoms with E-state index in [-0.39, 0.29) is 29.3 Å². The largest absolute Gasteiger partial charge is 0.497 e. The van der Waals surface area contributed by atoms with Crippen LogP contribution in [0.5, 0.6) is 5.75 Å². The summed E-state index contributed by atoms with van der Waals surface area (Å²) in [5.41, 5.74) is 2.08. The summed E-state index contributed by atoms with van der Waals surface area (Å²) < 4.78 is 18.1. The number of rotatable bonds is 5. The van der Waals surface area contributed by atoms with Crippen LogP contribution in [-0.2, 0) is 20.8 Å². The minimum Gasteiger partial charge on any atom is -0.497 e. The molecule has 1 aromatic carbocycles. The summed E-state index contributed by atoms with van der Waals surface area (Å²) in [5, 5.41) is 3.23. The molecule has 2 amide bonds. The number of thioether (sulfide) groups is 1. The van der Waals surface area contributed by atoms with Crippen LogP contribution in [0.1, 0.15) is 57.4 Å². The van der Waals surface area contributed by atoms with Crippen LogP contribution < -0.4 is 10.1 Å². The molecule has 1 N–H and O–H groups in total. The Balaban J connectivity index is 1.58. The van der Waals surface area contributed by atoms with Gasteiger partial charge in [0.2, 0.25) is 5.91 Å². The fourth-order valence-corrected chi connectivity index (χ4v) is 6.45. The molecule has 36 heavy (non-hydrogen) atoms. The predicted molar refractivity (Wildman–Crippen MR) is 142 cm³/mol. The average molecular weight is 515 g/mol. The summed E-state index contributed by atoms with van der Waals surface area (Å²) in [7, 11) is 3.30. The van der Waals surface area contributed by atoms with Gasteiger partial charge >= 0.3 is 0 Å². The highest BCUT2D eigenvalue weighted by atomic mass is 32.2. The van der Waals surface area contributed by atoms with Crippen LogP contribution in [0.25, 0.3) is 0 Å². The molecule has 1 unspecified atom stereocenters. The smallest absolute Gasteiger partial charge is 0.282 e. The number of benzene rings is 1. The maximum absolute atomic E-state index is 13.0. The number of fused-ring (bicyclic) bond motifs is 2. The minimum absolute atomic E-state index is 0.0180. The molecule has 8 heteroatoms. The molecular formula is C28H38N2O5S. The summed E-state index contributed by atoms with van der Waals surface area (Å²) in [6.07, 6.45) is 12.0. The van der Waals surface area contributed by atoms with E-state index in [9.17, 15) is 9.59 Å². The van der Waals surface area contributed by atoms with E-state index in [0.29, 0.717) is 18.7 Å². The fourth-order valence-electron chi connectivity index (χ4n) is 5.36. The molecule has 1 aromatic rings. The zero-order valence-electron chi connectivity index (χ0n) is 21.5. The van der Waals surface area contributed by atoms with Gasteiger partial charge in [0.15, 0.2) is 5.79 Å². The Morgan fingerprint density at radius 1 is 1.17 bits per heavy atom. The van der Waals surface area contributed by atoms with Gasteiger partial charge in [-0.1, -0.05) is 41.6 Å². The quantitative estimate of drug-likeness (QED) is 0.544. The molecule has 3 heterocycles. The Hall–Kier alpha value is -2.29. The maximum atomic E-state index is 13.0. The standard InChI is InChI=1S/C28H38N2O5S/c1-20-9-7-5-4-6-8-10-24-16-22(29-26(31)15-20)17-28(34-3,35-24)25-19-36-27(32)30(25)18-21-11-13-23(33-2)14-12-21/h4-5,11-15,22,24-25H,6-10,16-19H2,1-3H3,(H,29,31)/b5-4-,20-15-/t22-,24?,25+,28-/m1/s1. The lowest BCUT2D eigenvalue weighted by molar-refractivity contribution is -0.294. The van der Waals surface area contributed by atoms with Crippen molar-refractivity contribution < 1.29 is 23.8 Å². The predicted octanol–water partition coefficient (Wildman–Crippen LogP) is 5.21. The molecule has 0 aromatic heterocycles. The first-order valence-corrected chi connectivity index (χ1v) is 13.8. The number of hydrogen-bond acceptors (Lipinski definition) is 6. The van der Waals surface area contributed by atoms with E-state index in [1.54, 1.807) is 20.3 Å². The van der Waals surface area contributed by atoms with Gasteiger partial charge in [-0.25, -0.2) is 0 Å². The summed E-state index contributed by atoms with van der Waals surface area (Å²) in [5.74, 6) is 0.300. The van der Waals surface area contributed by atoms with Gasteiger partial charge in [-0.15, -0.1) is 0 Å². The zero-order valence-corrected chi connectivity index (χ0v) is 22.4. The number of methoxy groups -OCH3 is 2. The molecule has 2 saturated heterocycles. The van der Waals surface area contributed by atoms with E-state index in [1.807, 2.05) is 36.1 Å². The number of carbonyl (C=O) groups is 2. The first-order valence-electron chi connectivity index (χ1n) is 12.8. The lowest BCUT2D eigenvalue weighted by Crippen LogP contribution is -2.62. The molecule has 7 nitrogen and oxygen atoms in total. The number of allylic oxidation sites excluding steroid dienone is 3. The lowest BCUT2D eigenvalue weighted by atomic mass is 9.89. The van der Waals surface area contributed by atoms with Crippen molar-refractivity contribution in [3.63, 3.8) is 0 Å². The first-order chi connectivity index (χ1) is 17.4. The molecular weight excluding hydrogens is 476 g/mol. The molecule has 0 radical (unpaired) electrons. The number of amides is 2. The summed E-state index contributed by atoms with van der Waals surface area (Å²) in [6, 6.07) is 7.41. The van der Waals surface area contributed by atoms with Crippen molar-refractivity contribution in [2.45, 2.75) is 82.4 Å². The van der Waals surface area contributed by atoms with E-state index in [4.69, 9.17) is 14.2 Å². The topological polar surface area (TPSA) is 77.1 Å². The normalized spacial score (nSPS) is 32.2. The van der Waals surface area contributed by atoms with Gasteiger partial charge in [0, 0.05) is 37.9 Å². The van der Waals surface area contributed by atoms with Gasteiger partial charge < -0.3 is 24.4 Å². The minimum atomic E-state index is -0.988. The van der Waals surface area contributed by atoms with Gasteiger partial charge in [-0.3, -0.25) is 9.59 Å². The second kappa shape index (κ2) is 12.3. The van der Waals surface area contributed by atoms with Crippen molar-refractivity contribution in [3.05, 3.63) is 53.6 Å². The highest BCUT2D eigenvalue weighted by Gasteiger charge is 2.53. The van der Waals surface area contributed by atoms with Crippen molar-refractivity contribution in [2.24, 2.45) is 0 Å². The first kappa shape index (κ1) is 26.8. The van der Waals surface area contributed by atoms with Crippen molar-refractivity contribution in [3.8, 4) is 5.75 Å². The van der Waals surface area contributed by atoms with Crippen LogP contribution in [0.15, 0.2) is 48.1 Å². The Morgan fingerprint density at radius 3 is 2.69 bits per heavy atom. The van der Waals surface area contributed by atoms with Gasteiger partial charge in [0.05, 0.1) is 19.3 Å². The zero-order chi connectivity index (χ0) is 25.5. The van der Waals surface area contributed by atoms with E-state index in [1.165, 1.54) is 11.8 Å². The van der Waals surface area contributed by atoms with E-state index in [2.05, 4.69) is 17.5 Å². The molecule has 0 saturated carbocycles. The van der Waals surface area contributed by atoms with Crippen LogP contribution in [0.3, 0.4) is 0 Å². The van der Waals surface area contributed by atoms with Crippen LogP contribution in [0, 0.1) is 0 Å². The van der Waals surface area contributed by atoms with Crippen LogP contribution in [0.2, 0.25) is 0 Å². The number of hydrogen-bond donors (Lipinski definition) is 1. The summed E-state index contributed by atoms with van der Waals surface area (Å²) >= 11 is 1.30.